The molecule has 3 rings (SSSR count). The van der Waals surface area contributed by atoms with Crippen molar-refractivity contribution in [1.82, 2.24) is 9.78 Å². The second kappa shape index (κ2) is 5.62. The van der Waals surface area contributed by atoms with E-state index in [1.54, 1.807) is 13.2 Å². The lowest BCUT2D eigenvalue weighted by molar-refractivity contribution is 0.414. The summed E-state index contributed by atoms with van der Waals surface area (Å²) >= 11 is 6.10. The van der Waals surface area contributed by atoms with Crippen LogP contribution in [0.1, 0.15) is 11.3 Å². The molecule has 0 saturated heterocycles. The first-order chi connectivity index (χ1) is 10.2. The van der Waals surface area contributed by atoms with Gasteiger partial charge in [0.15, 0.2) is 0 Å². The van der Waals surface area contributed by atoms with Crippen LogP contribution in [0.3, 0.4) is 0 Å². The SMILES string of the molecule is C=Cc1nn(Cc2ccc(OC)cc2)c2cc(Cl)ccc12. The fraction of sp³-hybridized carbons (Fsp3) is 0.118. The summed E-state index contributed by atoms with van der Waals surface area (Å²) in [5, 5.41) is 6.36. The Balaban J connectivity index is 2.02. The average molecular weight is 299 g/mol. The molecule has 0 bridgehead atoms. The molecule has 0 N–H and O–H groups in total. The Morgan fingerprint density at radius 3 is 2.67 bits per heavy atom. The zero-order chi connectivity index (χ0) is 14.8. The largest absolute Gasteiger partial charge is 0.497 e. The molecule has 0 aliphatic heterocycles. The maximum atomic E-state index is 6.10. The molecule has 106 valence electrons. The summed E-state index contributed by atoms with van der Waals surface area (Å²) in [4.78, 5) is 0. The fourth-order valence-electron chi connectivity index (χ4n) is 2.35. The highest BCUT2D eigenvalue weighted by Gasteiger charge is 2.09. The number of benzene rings is 2. The van der Waals surface area contributed by atoms with Gasteiger partial charge in [0, 0.05) is 10.4 Å². The van der Waals surface area contributed by atoms with Gasteiger partial charge in [-0.25, -0.2) is 0 Å². The van der Waals surface area contributed by atoms with Gasteiger partial charge in [0.05, 0.1) is 24.9 Å². The van der Waals surface area contributed by atoms with E-state index in [1.165, 1.54) is 0 Å². The van der Waals surface area contributed by atoms with Crippen molar-refractivity contribution in [2.24, 2.45) is 0 Å². The molecule has 0 atom stereocenters. The molecular formula is C17H15ClN2O. The summed E-state index contributed by atoms with van der Waals surface area (Å²) in [7, 11) is 1.66. The minimum absolute atomic E-state index is 0.675. The molecule has 4 heteroatoms. The Morgan fingerprint density at radius 2 is 2.00 bits per heavy atom. The van der Waals surface area contributed by atoms with Crippen LogP contribution in [-0.2, 0) is 6.54 Å². The molecular weight excluding hydrogens is 284 g/mol. The molecule has 0 radical (unpaired) electrons. The van der Waals surface area contributed by atoms with Crippen LogP contribution in [0.15, 0.2) is 49.0 Å². The molecule has 3 aromatic rings. The lowest BCUT2D eigenvalue weighted by Gasteiger charge is -2.05. The van der Waals surface area contributed by atoms with Gasteiger partial charge in [-0.05, 0) is 42.0 Å². The summed E-state index contributed by atoms with van der Waals surface area (Å²) in [5.41, 5.74) is 3.03. The molecule has 0 fully saturated rings. The summed E-state index contributed by atoms with van der Waals surface area (Å²) in [5.74, 6) is 0.846. The maximum absolute atomic E-state index is 6.10. The van der Waals surface area contributed by atoms with E-state index in [0.29, 0.717) is 11.6 Å². The molecule has 1 heterocycles. The standard InChI is InChI=1S/C17H15ClN2O/c1-3-16-15-9-6-13(18)10-17(15)20(19-16)11-12-4-7-14(21-2)8-5-12/h3-10H,1,11H2,2H3. The third-order valence-corrected chi connectivity index (χ3v) is 3.66. The molecule has 0 spiro atoms. The highest BCUT2D eigenvalue weighted by Crippen LogP contribution is 2.24. The first kappa shape index (κ1) is 13.7. The number of hydrogen-bond donors (Lipinski definition) is 0. The van der Waals surface area contributed by atoms with Crippen molar-refractivity contribution < 1.29 is 4.74 Å². The average Bonchev–Trinajstić information content (AvgIpc) is 2.85. The van der Waals surface area contributed by atoms with Gasteiger partial charge in [-0.2, -0.15) is 5.10 Å². The van der Waals surface area contributed by atoms with Gasteiger partial charge in [0.25, 0.3) is 0 Å². The Labute approximate surface area is 128 Å². The Bertz CT molecular complexity index is 790. The topological polar surface area (TPSA) is 27.1 Å². The second-order valence-electron chi connectivity index (χ2n) is 4.76. The molecule has 0 aliphatic carbocycles. The minimum atomic E-state index is 0.675. The molecule has 0 unspecified atom stereocenters. The zero-order valence-corrected chi connectivity index (χ0v) is 12.5. The van der Waals surface area contributed by atoms with Crippen LogP contribution in [0.5, 0.6) is 5.75 Å². The van der Waals surface area contributed by atoms with Crippen LogP contribution in [-0.4, -0.2) is 16.9 Å². The smallest absolute Gasteiger partial charge is 0.118 e. The number of methoxy groups -OCH3 is 1. The van der Waals surface area contributed by atoms with E-state index in [4.69, 9.17) is 16.3 Å². The van der Waals surface area contributed by atoms with E-state index in [1.807, 2.05) is 47.1 Å². The first-order valence-corrected chi connectivity index (χ1v) is 7.00. The highest BCUT2D eigenvalue weighted by atomic mass is 35.5. The second-order valence-corrected chi connectivity index (χ2v) is 5.19. The molecule has 0 amide bonds. The van der Waals surface area contributed by atoms with Crippen molar-refractivity contribution >= 4 is 28.6 Å². The van der Waals surface area contributed by atoms with Gasteiger partial charge in [-0.15, -0.1) is 0 Å². The molecule has 2 aromatic carbocycles. The summed E-state index contributed by atoms with van der Waals surface area (Å²) in [6, 6.07) is 13.7. The Hall–Kier alpha value is -2.26. The molecule has 0 aliphatic rings. The maximum Gasteiger partial charge on any atom is 0.118 e. The highest BCUT2D eigenvalue weighted by molar-refractivity contribution is 6.31. The number of ether oxygens (including phenoxy) is 1. The minimum Gasteiger partial charge on any atom is -0.497 e. The Morgan fingerprint density at radius 1 is 1.24 bits per heavy atom. The number of halogens is 1. The number of rotatable bonds is 4. The van der Waals surface area contributed by atoms with Crippen LogP contribution in [0.2, 0.25) is 5.02 Å². The molecule has 0 saturated carbocycles. The Kier molecular flexibility index (Phi) is 3.67. The van der Waals surface area contributed by atoms with Crippen molar-refractivity contribution in [3.8, 4) is 5.75 Å². The number of aromatic nitrogens is 2. The van der Waals surface area contributed by atoms with Gasteiger partial charge in [0.1, 0.15) is 5.75 Å². The van der Waals surface area contributed by atoms with Crippen LogP contribution < -0.4 is 4.74 Å². The first-order valence-electron chi connectivity index (χ1n) is 6.62. The summed E-state index contributed by atoms with van der Waals surface area (Å²) in [6.07, 6.45) is 1.76. The third-order valence-electron chi connectivity index (χ3n) is 3.43. The predicted molar refractivity (Wildman–Crippen MR) is 86.9 cm³/mol. The zero-order valence-electron chi connectivity index (χ0n) is 11.7. The normalized spacial score (nSPS) is 10.8. The molecule has 1 aromatic heterocycles. The van der Waals surface area contributed by atoms with E-state index in [-0.39, 0.29) is 0 Å². The van der Waals surface area contributed by atoms with Gasteiger partial charge in [-0.3, -0.25) is 4.68 Å². The monoisotopic (exact) mass is 298 g/mol. The van der Waals surface area contributed by atoms with Gasteiger partial charge >= 0.3 is 0 Å². The van der Waals surface area contributed by atoms with Crippen molar-refractivity contribution in [2.45, 2.75) is 6.54 Å². The van der Waals surface area contributed by atoms with Gasteiger partial charge in [0.2, 0.25) is 0 Å². The number of hydrogen-bond acceptors (Lipinski definition) is 2. The number of fused-ring (bicyclic) bond motifs is 1. The van der Waals surface area contributed by atoms with Gasteiger partial charge < -0.3 is 4.74 Å². The lowest BCUT2D eigenvalue weighted by Crippen LogP contribution is -2.01. The molecule has 21 heavy (non-hydrogen) atoms. The molecule has 3 nitrogen and oxygen atoms in total. The van der Waals surface area contributed by atoms with E-state index >= 15 is 0 Å². The van der Waals surface area contributed by atoms with E-state index in [0.717, 1.165) is 27.9 Å². The number of nitrogens with zero attached hydrogens (tertiary/aromatic N) is 2. The predicted octanol–water partition coefficient (Wildman–Crippen LogP) is 4.39. The quantitative estimate of drug-likeness (QED) is 0.714. The summed E-state index contributed by atoms with van der Waals surface area (Å²) < 4.78 is 7.12. The van der Waals surface area contributed by atoms with Crippen molar-refractivity contribution in [1.29, 1.82) is 0 Å². The van der Waals surface area contributed by atoms with E-state index < -0.39 is 0 Å². The van der Waals surface area contributed by atoms with Crippen LogP contribution in [0.25, 0.3) is 17.0 Å². The summed E-state index contributed by atoms with van der Waals surface area (Å²) in [6.45, 7) is 4.50. The van der Waals surface area contributed by atoms with E-state index in [9.17, 15) is 0 Å². The van der Waals surface area contributed by atoms with Crippen molar-refractivity contribution in [2.75, 3.05) is 7.11 Å². The van der Waals surface area contributed by atoms with Crippen molar-refractivity contribution in [3.63, 3.8) is 0 Å². The van der Waals surface area contributed by atoms with Gasteiger partial charge in [-0.1, -0.05) is 30.3 Å². The lowest BCUT2D eigenvalue weighted by atomic mass is 10.2. The van der Waals surface area contributed by atoms with Crippen molar-refractivity contribution in [3.05, 3.63) is 65.3 Å². The van der Waals surface area contributed by atoms with E-state index in [2.05, 4.69) is 11.7 Å². The van der Waals surface area contributed by atoms with Crippen LogP contribution >= 0.6 is 11.6 Å². The van der Waals surface area contributed by atoms with Crippen LogP contribution in [0, 0.1) is 0 Å². The fourth-order valence-corrected chi connectivity index (χ4v) is 2.51. The third kappa shape index (κ3) is 2.65. The van der Waals surface area contributed by atoms with Crippen LogP contribution in [0.4, 0.5) is 0 Å².